The Morgan fingerprint density at radius 1 is 1.53 bits per heavy atom. The van der Waals surface area contributed by atoms with Crippen molar-refractivity contribution < 1.29 is 4.79 Å². The topological polar surface area (TPSA) is 59.0 Å². The molecule has 5 heteroatoms. The number of nitrogens with zero attached hydrogens (tertiary/aromatic N) is 2. The summed E-state index contributed by atoms with van der Waals surface area (Å²) in [5.74, 6) is 0.136. The summed E-state index contributed by atoms with van der Waals surface area (Å²) in [6, 6.07) is 0.464. The van der Waals surface area contributed by atoms with E-state index in [4.69, 9.17) is 0 Å². The Hall–Kier alpha value is -1.36. The fraction of sp³-hybridized carbons (Fsp3) is 0.714. The zero-order valence-electron chi connectivity index (χ0n) is 12.1. The van der Waals surface area contributed by atoms with Gasteiger partial charge in [-0.05, 0) is 45.2 Å². The molecule has 2 rings (SSSR count). The first-order valence-electron chi connectivity index (χ1n) is 7.07. The zero-order valence-corrected chi connectivity index (χ0v) is 12.1. The van der Waals surface area contributed by atoms with Gasteiger partial charge in [-0.25, -0.2) is 0 Å². The van der Waals surface area contributed by atoms with Crippen LogP contribution in [0.3, 0.4) is 0 Å². The maximum Gasteiger partial charge on any atom is 0.220 e. The second kappa shape index (κ2) is 6.19. The zero-order chi connectivity index (χ0) is 13.8. The Morgan fingerprint density at radius 3 is 2.89 bits per heavy atom. The Bertz CT molecular complexity index is 447. The van der Waals surface area contributed by atoms with Crippen LogP contribution >= 0.6 is 0 Å². The van der Waals surface area contributed by atoms with Crippen molar-refractivity contribution in [3.8, 4) is 0 Å². The highest BCUT2D eigenvalue weighted by Gasteiger charge is 2.15. The molecule has 0 radical (unpaired) electrons. The van der Waals surface area contributed by atoms with E-state index in [0.717, 1.165) is 30.9 Å². The van der Waals surface area contributed by atoms with Crippen LogP contribution in [0.1, 0.15) is 36.2 Å². The van der Waals surface area contributed by atoms with Crippen molar-refractivity contribution in [1.82, 2.24) is 20.4 Å². The van der Waals surface area contributed by atoms with Gasteiger partial charge in [0.2, 0.25) is 5.91 Å². The van der Waals surface area contributed by atoms with E-state index in [1.807, 2.05) is 18.7 Å². The lowest BCUT2D eigenvalue weighted by atomic mass is 10.1. The molecule has 19 heavy (non-hydrogen) atoms. The van der Waals surface area contributed by atoms with Gasteiger partial charge in [0.1, 0.15) is 0 Å². The molecule has 1 fully saturated rings. The number of aromatic nitrogens is 2. The molecule has 1 atom stereocenters. The predicted molar refractivity (Wildman–Crippen MR) is 75.0 cm³/mol. The van der Waals surface area contributed by atoms with Crippen LogP contribution in [-0.2, 0) is 18.3 Å². The summed E-state index contributed by atoms with van der Waals surface area (Å²) in [4.78, 5) is 11.8. The van der Waals surface area contributed by atoms with Crippen molar-refractivity contribution >= 4 is 5.91 Å². The third-order valence-electron chi connectivity index (χ3n) is 3.97. The Kier molecular flexibility index (Phi) is 4.58. The average molecular weight is 264 g/mol. The molecule has 0 bridgehead atoms. The van der Waals surface area contributed by atoms with Crippen LogP contribution in [0.2, 0.25) is 0 Å². The summed E-state index contributed by atoms with van der Waals surface area (Å²) in [6.45, 7) is 5.89. The second-order valence-electron chi connectivity index (χ2n) is 5.37. The number of aryl methyl sites for hydroxylation is 2. The maximum absolute atomic E-state index is 11.8. The van der Waals surface area contributed by atoms with E-state index in [1.165, 1.54) is 18.4 Å². The van der Waals surface area contributed by atoms with E-state index in [-0.39, 0.29) is 5.91 Å². The largest absolute Gasteiger partial charge is 0.355 e. The smallest absolute Gasteiger partial charge is 0.220 e. The normalized spacial score (nSPS) is 18.8. The fourth-order valence-electron chi connectivity index (χ4n) is 2.67. The highest BCUT2D eigenvalue weighted by molar-refractivity contribution is 5.76. The van der Waals surface area contributed by atoms with Gasteiger partial charge < -0.3 is 10.6 Å². The van der Waals surface area contributed by atoms with Crippen LogP contribution in [0.25, 0.3) is 0 Å². The molecule has 1 aromatic heterocycles. The summed E-state index contributed by atoms with van der Waals surface area (Å²) < 4.78 is 1.88. The monoisotopic (exact) mass is 264 g/mol. The molecule has 0 aliphatic carbocycles. The van der Waals surface area contributed by atoms with Crippen molar-refractivity contribution in [1.29, 1.82) is 0 Å². The van der Waals surface area contributed by atoms with Crippen LogP contribution in [0.15, 0.2) is 0 Å². The molecule has 2 heterocycles. The summed E-state index contributed by atoms with van der Waals surface area (Å²) in [6.07, 6.45) is 3.70. The Morgan fingerprint density at radius 2 is 2.32 bits per heavy atom. The van der Waals surface area contributed by atoms with Crippen LogP contribution < -0.4 is 10.6 Å². The molecule has 1 aliphatic heterocycles. The van der Waals surface area contributed by atoms with Crippen molar-refractivity contribution in [3.63, 3.8) is 0 Å². The maximum atomic E-state index is 11.8. The minimum atomic E-state index is 0.136. The number of nitrogens with one attached hydrogen (secondary N) is 2. The predicted octanol–water partition coefficient (Wildman–Crippen LogP) is 0.838. The first-order chi connectivity index (χ1) is 9.08. The quantitative estimate of drug-likeness (QED) is 0.828. The molecule has 0 aromatic carbocycles. The van der Waals surface area contributed by atoms with Crippen LogP contribution in [-0.4, -0.2) is 34.8 Å². The standard InChI is InChI=1S/C14H24N4O/c1-10-13(11(2)18(3)17-10)6-7-14(19)16-9-12-5-4-8-15-12/h12,15H,4-9H2,1-3H3,(H,16,19). The van der Waals surface area contributed by atoms with Gasteiger partial charge in [-0.1, -0.05) is 0 Å². The number of carbonyl (C=O) groups is 1. The van der Waals surface area contributed by atoms with Gasteiger partial charge in [0, 0.05) is 31.7 Å². The van der Waals surface area contributed by atoms with Gasteiger partial charge >= 0.3 is 0 Å². The number of carbonyl (C=O) groups excluding carboxylic acids is 1. The molecule has 1 amide bonds. The van der Waals surface area contributed by atoms with E-state index in [9.17, 15) is 4.79 Å². The molecule has 0 spiro atoms. The van der Waals surface area contributed by atoms with Gasteiger partial charge in [0.05, 0.1) is 5.69 Å². The van der Waals surface area contributed by atoms with Crippen LogP contribution in [0.5, 0.6) is 0 Å². The summed E-state index contributed by atoms with van der Waals surface area (Å²) in [7, 11) is 1.94. The van der Waals surface area contributed by atoms with Gasteiger partial charge in [-0.2, -0.15) is 5.10 Å². The van der Waals surface area contributed by atoms with Crippen molar-refractivity contribution in [2.45, 2.75) is 45.6 Å². The minimum Gasteiger partial charge on any atom is -0.355 e. The first kappa shape index (κ1) is 14.1. The van der Waals surface area contributed by atoms with Gasteiger partial charge in [0.25, 0.3) is 0 Å². The molecule has 2 N–H and O–H groups in total. The summed E-state index contributed by atoms with van der Waals surface area (Å²) >= 11 is 0. The molecular weight excluding hydrogens is 240 g/mol. The van der Waals surface area contributed by atoms with Crippen molar-refractivity contribution in [2.24, 2.45) is 7.05 Å². The van der Waals surface area contributed by atoms with Gasteiger partial charge in [0.15, 0.2) is 0 Å². The van der Waals surface area contributed by atoms with Crippen molar-refractivity contribution in [2.75, 3.05) is 13.1 Å². The first-order valence-corrected chi connectivity index (χ1v) is 7.07. The highest BCUT2D eigenvalue weighted by Crippen LogP contribution is 2.13. The second-order valence-corrected chi connectivity index (χ2v) is 5.37. The lowest BCUT2D eigenvalue weighted by molar-refractivity contribution is -0.121. The van der Waals surface area contributed by atoms with E-state index < -0.39 is 0 Å². The van der Waals surface area contributed by atoms with Crippen molar-refractivity contribution in [3.05, 3.63) is 17.0 Å². The van der Waals surface area contributed by atoms with Gasteiger partial charge in [-0.3, -0.25) is 9.48 Å². The number of amides is 1. The molecule has 5 nitrogen and oxygen atoms in total. The Labute approximate surface area is 114 Å². The average Bonchev–Trinajstić information content (AvgIpc) is 2.96. The van der Waals surface area contributed by atoms with Crippen LogP contribution in [0.4, 0.5) is 0 Å². The highest BCUT2D eigenvalue weighted by atomic mass is 16.1. The molecular formula is C14H24N4O. The number of rotatable bonds is 5. The van der Waals surface area contributed by atoms with E-state index in [1.54, 1.807) is 0 Å². The van der Waals surface area contributed by atoms with Gasteiger partial charge in [-0.15, -0.1) is 0 Å². The van der Waals surface area contributed by atoms with E-state index in [2.05, 4.69) is 22.7 Å². The molecule has 1 aromatic rings. The lowest BCUT2D eigenvalue weighted by Gasteiger charge is -2.11. The minimum absolute atomic E-state index is 0.136. The van der Waals surface area contributed by atoms with E-state index in [0.29, 0.717) is 12.5 Å². The Balaban J connectivity index is 1.76. The molecule has 1 aliphatic rings. The third kappa shape index (κ3) is 3.56. The SMILES string of the molecule is Cc1nn(C)c(C)c1CCC(=O)NCC1CCCN1. The number of hydrogen-bond acceptors (Lipinski definition) is 3. The summed E-state index contributed by atoms with van der Waals surface area (Å²) in [5, 5.41) is 10.8. The molecule has 0 saturated carbocycles. The fourth-order valence-corrected chi connectivity index (χ4v) is 2.67. The summed E-state index contributed by atoms with van der Waals surface area (Å²) in [5.41, 5.74) is 3.39. The van der Waals surface area contributed by atoms with E-state index >= 15 is 0 Å². The third-order valence-corrected chi connectivity index (χ3v) is 3.97. The lowest BCUT2D eigenvalue weighted by Crippen LogP contribution is -2.37. The van der Waals surface area contributed by atoms with Crippen LogP contribution in [0, 0.1) is 13.8 Å². The molecule has 1 saturated heterocycles. The molecule has 1 unspecified atom stereocenters. The number of hydrogen-bond donors (Lipinski definition) is 2. The molecule has 106 valence electrons.